The lowest BCUT2D eigenvalue weighted by Gasteiger charge is -2.28. The molecule has 0 bridgehead atoms. The standard InChI is InChI=1S/C14H18N2O5/c1-21-13-8-9(16(19)20)6-7-10(13)14(18)15-11-4-2-3-5-12(11)17/h6-8,11-12,17H,2-5H2,1H3,(H,15,18)/t11-,12-/m0/s1. The van der Waals surface area contributed by atoms with Gasteiger partial charge in [0.1, 0.15) is 5.75 Å². The van der Waals surface area contributed by atoms with Crippen LogP contribution in [0, 0.1) is 10.1 Å². The van der Waals surface area contributed by atoms with E-state index in [1.54, 1.807) is 0 Å². The number of hydrogen-bond donors (Lipinski definition) is 2. The average Bonchev–Trinajstić information content (AvgIpc) is 2.48. The molecule has 1 fully saturated rings. The zero-order chi connectivity index (χ0) is 15.4. The number of nitro benzene ring substituents is 1. The molecule has 0 aliphatic heterocycles. The van der Waals surface area contributed by atoms with Gasteiger partial charge in [0, 0.05) is 6.07 Å². The normalized spacial score (nSPS) is 21.6. The Bertz CT molecular complexity index is 546. The number of carbonyl (C=O) groups is 1. The molecule has 7 nitrogen and oxygen atoms in total. The van der Waals surface area contributed by atoms with E-state index in [4.69, 9.17) is 4.74 Å². The number of nitro groups is 1. The minimum atomic E-state index is -0.549. The number of hydrogen-bond acceptors (Lipinski definition) is 5. The summed E-state index contributed by atoms with van der Waals surface area (Å²) < 4.78 is 5.05. The molecule has 1 saturated carbocycles. The number of carbonyl (C=O) groups excluding carboxylic acids is 1. The van der Waals surface area contributed by atoms with Gasteiger partial charge in [0.05, 0.1) is 35.8 Å². The van der Waals surface area contributed by atoms with Crippen molar-refractivity contribution in [3.63, 3.8) is 0 Å². The van der Waals surface area contributed by atoms with Gasteiger partial charge < -0.3 is 15.2 Å². The Kier molecular flexibility index (Phi) is 4.74. The first-order valence-corrected chi connectivity index (χ1v) is 6.84. The highest BCUT2D eigenvalue weighted by molar-refractivity contribution is 5.97. The first kappa shape index (κ1) is 15.2. The van der Waals surface area contributed by atoms with E-state index >= 15 is 0 Å². The highest BCUT2D eigenvalue weighted by atomic mass is 16.6. The second-order valence-corrected chi connectivity index (χ2v) is 5.07. The lowest BCUT2D eigenvalue weighted by Crippen LogP contribution is -2.45. The van der Waals surface area contributed by atoms with E-state index in [0.717, 1.165) is 19.3 Å². The van der Waals surface area contributed by atoms with E-state index in [1.807, 2.05) is 0 Å². The molecule has 0 spiro atoms. The predicted octanol–water partition coefficient (Wildman–Crippen LogP) is 1.64. The molecule has 114 valence electrons. The molecule has 1 aliphatic rings. The average molecular weight is 294 g/mol. The van der Waals surface area contributed by atoms with Crippen LogP contribution < -0.4 is 10.1 Å². The van der Waals surface area contributed by atoms with Gasteiger partial charge in [-0.1, -0.05) is 12.8 Å². The van der Waals surface area contributed by atoms with E-state index in [0.29, 0.717) is 6.42 Å². The summed E-state index contributed by atoms with van der Waals surface area (Å²) in [6.45, 7) is 0. The lowest BCUT2D eigenvalue weighted by molar-refractivity contribution is -0.384. The largest absolute Gasteiger partial charge is 0.496 e. The maximum absolute atomic E-state index is 12.2. The highest BCUT2D eigenvalue weighted by Gasteiger charge is 2.26. The van der Waals surface area contributed by atoms with Crippen LogP contribution in [0.3, 0.4) is 0 Å². The minimum absolute atomic E-state index is 0.138. The number of amides is 1. The van der Waals surface area contributed by atoms with Gasteiger partial charge >= 0.3 is 0 Å². The number of rotatable bonds is 4. The topological polar surface area (TPSA) is 102 Å². The van der Waals surface area contributed by atoms with Crippen molar-refractivity contribution >= 4 is 11.6 Å². The molecule has 2 atom stereocenters. The van der Waals surface area contributed by atoms with Crippen molar-refractivity contribution in [1.29, 1.82) is 0 Å². The maximum atomic E-state index is 12.2. The van der Waals surface area contributed by atoms with Crippen molar-refractivity contribution in [2.45, 2.75) is 37.8 Å². The molecular formula is C14H18N2O5. The lowest BCUT2D eigenvalue weighted by atomic mass is 9.92. The number of aliphatic hydroxyl groups is 1. The van der Waals surface area contributed by atoms with Crippen LogP contribution in [0.1, 0.15) is 36.0 Å². The van der Waals surface area contributed by atoms with E-state index in [9.17, 15) is 20.0 Å². The van der Waals surface area contributed by atoms with E-state index in [1.165, 1.54) is 25.3 Å². The van der Waals surface area contributed by atoms with Crippen LogP contribution in [-0.4, -0.2) is 35.2 Å². The fraction of sp³-hybridized carbons (Fsp3) is 0.500. The molecule has 0 saturated heterocycles. The van der Waals surface area contributed by atoms with Crippen LogP contribution >= 0.6 is 0 Å². The zero-order valence-electron chi connectivity index (χ0n) is 11.7. The molecule has 2 N–H and O–H groups in total. The van der Waals surface area contributed by atoms with Gasteiger partial charge in [0.2, 0.25) is 0 Å². The third kappa shape index (κ3) is 3.49. The Morgan fingerprint density at radius 2 is 2.14 bits per heavy atom. The molecule has 0 radical (unpaired) electrons. The maximum Gasteiger partial charge on any atom is 0.273 e. The van der Waals surface area contributed by atoms with Crippen molar-refractivity contribution in [3.05, 3.63) is 33.9 Å². The summed E-state index contributed by atoms with van der Waals surface area (Å²) in [4.78, 5) is 22.4. The van der Waals surface area contributed by atoms with Crippen LogP contribution in [0.15, 0.2) is 18.2 Å². The monoisotopic (exact) mass is 294 g/mol. The quantitative estimate of drug-likeness (QED) is 0.649. The Morgan fingerprint density at radius 1 is 1.43 bits per heavy atom. The fourth-order valence-electron chi connectivity index (χ4n) is 2.51. The van der Waals surface area contributed by atoms with Gasteiger partial charge in [-0.25, -0.2) is 0 Å². The van der Waals surface area contributed by atoms with Crippen LogP contribution in [-0.2, 0) is 0 Å². The summed E-state index contributed by atoms with van der Waals surface area (Å²) in [5, 5.41) is 23.4. The van der Waals surface area contributed by atoms with Crippen molar-refractivity contribution in [1.82, 2.24) is 5.32 Å². The summed E-state index contributed by atoms with van der Waals surface area (Å²) >= 11 is 0. The minimum Gasteiger partial charge on any atom is -0.496 e. The van der Waals surface area contributed by atoms with Gasteiger partial charge in [-0.05, 0) is 18.9 Å². The van der Waals surface area contributed by atoms with E-state index in [-0.39, 0.29) is 23.0 Å². The molecule has 1 amide bonds. The molecule has 1 aliphatic carbocycles. The number of ether oxygens (including phenoxy) is 1. The second kappa shape index (κ2) is 6.53. The van der Waals surface area contributed by atoms with Crippen LogP contribution in [0.4, 0.5) is 5.69 Å². The third-order valence-electron chi connectivity index (χ3n) is 3.69. The van der Waals surface area contributed by atoms with Gasteiger partial charge in [0.15, 0.2) is 0 Å². The molecule has 0 heterocycles. The van der Waals surface area contributed by atoms with Crippen molar-refractivity contribution in [3.8, 4) is 5.75 Å². The Labute approximate surface area is 122 Å². The first-order valence-electron chi connectivity index (χ1n) is 6.84. The Hall–Kier alpha value is -2.15. The summed E-state index contributed by atoms with van der Waals surface area (Å²) in [5.74, 6) is -0.250. The number of non-ortho nitro benzene ring substituents is 1. The van der Waals surface area contributed by atoms with Gasteiger partial charge in [-0.2, -0.15) is 0 Å². The van der Waals surface area contributed by atoms with E-state index < -0.39 is 16.9 Å². The second-order valence-electron chi connectivity index (χ2n) is 5.07. The van der Waals surface area contributed by atoms with Crippen molar-refractivity contribution < 1.29 is 19.6 Å². The molecule has 1 aromatic carbocycles. The summed E-state index contributed by atoms with van der Waals surface area (Å²) in [6, 6.07) is 3.55. The summed E-state index contributed by atoms with van der Waals surface area (Å²) in [7, 11) is 1.35. The molecule has 1 aromatic rings. The predicted molar refractivity (Wildman–Crippen MR) is 75.4 cm³/mol. The van der Waals surface area contributed by atoms with Crippen LogP contribution in [0.2, 0.25) is 0 Å². The summed E-state index contributed by atoms with van der Waals surface area (Å²) in [5.41, 5.74) is 0.0852. The SMILES string of the molecule is COc1cc([N+](=O)[O-])ccc1C(=O)N[C@H]1CCCC[C@@H]1O. The number of aliphatic hydroxyl groups excluding tert-OH is 1. The van der Waals surface area contributed by atoms with Gasteiger partial charge in [0.25, 0.3) is 11.6 Å². The van der Waals surface area contributed by atoms with Gasteiger partial charge in [-0.3, -0.25) is 14.9 Å². The Balaban J connectivity index is 2.16. The van der Waals surface area contributed by atoms with Crippen molar-refractivity contribution in [2.75, 3.05) is 7.11 Å². The molecule has 0 unspecified atom stereocenters. The van der Waals surface area contributed by atoms with Crippen LogP contribution in [0.25, 0.3) is 0 Å². The third-order valence-corrected chi connectivity index (χ3v) is 3.69. The molecule has 7 heteroatoms. The first-order chi connectivity index (χ1) is 10.0. The van der Waals surface area contributed by atoms with E-state index in [2.05, 4.69) is 5.32 Å². The highest BCUT2D eigenvalue weighted by Crippen LogP contribution is 2.25. The zero-order valence-corrected chi connectivity index (χ0v) is 11.7. The van der Waals surface area contributed by atoms with Crippen molar-refractivity contribution in [2.24, 2.45) is 0 Å². The van der Waals surface area contributed by atoms with Gasteiger partial charge in [-0.15, -0.1) is 0 Å². The molecule has 0 aromatic heterocycles. The summed E-state index contributed by atoms with van der Waals surface area (Å²) in [6.07, 6.45) is 2.75. The number of nitrogens with zero attached hydrogens (tertiary/aromatic N) is 1. The molecule has 2 rings (SSSR count). The number of benzene rings is 1. The molecule has 21 heavy (non-hydrogen) atoms. The van der Waals surface area contributed by atoms with Crippen LogP contribution in [0.5, 0.6) is 5.75 Å². The number of nitrogens with one attached hydrogen (secondary N) is 1. The fourth-order valence-corrected chi connectivity index (χ4v) is 2.51. The number of methoxy groups -OCH3 is 1. The Morgan fingerprint density at radius 3 is 2.76 bits per heavy atom. The molecular weight excluding hydrogens is 276 g/mol. The smallest absolute Gasteiger partial charge is 0.273 e.